The topological polar surface area (TPSA) is 75.8 Å². The van der Waals surface area contributed by atoms with E-state index in [9.17, 15) is 9.90 Å². The Balaban J connectivity index is 2.65. The predicted octanol–water partition coefficient (Wildman–Crippen LogP) is 0.706. The number of carbonyl (C=O) groups is 1. The second-order valence-corrected chi connectivity index (χ2v) is 5.59. The van der Waals surface area contributed by atoms with Crippen LogP contribution in [0, 0.1) is 0 Å². The molecule has 2 atom stereocenters. The first-order chi connectivity index (χ1) is 7.17. The largest absolute Gasteiger partial charge is 0.444 e. The Bertz CT molecular complexity index is 275. The van der Waals surface area contributed by atoms with E-state index >= 15 is 0 Å². The number of β-amino-alcohol motifs (C(OH)–C–C–N with tert-alkyl or cyclic N) is 1. The fourth-order valence-corrected chi connectivity index (χ4v) is 1.91. The zero-order valence-corrected chi connectivity index (χ0v) is 10.5. The number of ether oxygens (including phenoxy) is 1. The van der Waals surface area contributed by atoms with E-state index in [2.05, 4.69) is 0 Å². The summed E-state index contributed by atoms with van der Waals surface area (Å²) in [6.45, 7) is 7.76. The SMILES string of the molecule is CC1CC(O)(CN)CN1C(=O)OC(C)(C)C. The molecule has 0 aromatic carbocycles. The Morgan fingerprint density at radius 2 is 2.19 bits per heavy atom. The van der Waals surface area contributed by atoms with Crippen molar-refractivity contribution in [3.8, 4) is 0 Å². The van der Waals surface area contributed by atoms with Gasteiger partial charge in [-0.15, -0.1) is 0 Å². The molecule has 0 aliphatic carbocycles. The molecule has 0 spiro atoms. The van der Waals surface area contributed by atoms with E-state index in [0.717, 1.165) is 0 Å². The molecule has 5 nitrogen and oxygen atoms in total. The number of carbonyl (C=O) groups excluding carboxylic acids is 1. The van der Waals surface area contributed by atoms with Crippen LogP contribution in [-0.2, 0) is 4.74 Å². The fraction of sp³-hybridized carbons (Fsp3) is 0.909. The molecule has 0 aromatic rings. The molecule has 3 N–H and O–H groups in total. The van der Waals surface area contributed by atoms with Gasteiger partial charge in [0.15, 0.2) is 0 Å². The molecule has 1 rings (SSSR count). The van der Waals surface area contributed by atoms with Gasteiger partial charge < -0.3 is 20.5 Å². The number of hydrogen-bond donors (Lipinski definition) is 2. The van der Waals surface area contributed by atoms with Crippen LogP contribution in [0.4, 0.5) is 4.79 Å². The maximum Gasteiger partial charge on any atom is 0.410 e. The lowest BCUT2D eigenvalue weighted by molar-refractivity contribution is 0.0147. The van der Waals surface area contributed by atoms with Gasteiger partial charge in [-0.25, -0.2) is 4.79 Å². The van der Waals surface area contributed by atoms with Crippen LogP contribution in [-0.4, -0.2) is 46.4 Å². The summed E-state index contributed by atoms with van der Waals surface area (Å²) in [4.78, 5) is 13.4. The zero-order valence-electron chi connectivity index (χ0n) is 10.5. The highest BCUT2D eigenvalue weighted by molar-refractivity contribution is 5.69. The van der Waals surface area contributed by atoms with Gasteiger partial charge in [0.25, 0.3) is 0 Å². The van der Waals surface area contributed by atoms with Crippen LogP contribution in [0.2, 0.25) is 0 Å². The molecular formula is C11H22N2O3. The quantitative estimate of drug-likeness (QED) is 0.695. The van der Waals surface area contributed by atoms with Gasteiger partial charge in [0.1, 0.15) is 5.60 Å². The second-order valence-electron chi connectivity index (χ2n) is 5.59. The van der Waals surface area contributed by atoms with Crippen LogP contribution in [0.15, 0.2) is 0 Å². The second kappa shape index (κ2) is 4.22. The molecule has 1 aliphatic heterocycles. The number of likely N-dealkylation sites (tertiary alicyclic amines) is 1. The first-order valence-corrected chi connectivity index (χ1v) is 5.59. The molecule has 0 saturated carbocycles. The van der Waals surface area contributed by atoms with Crippen molar-refractivity contribution in [3.05, 3.63) is 0 Å². The molecule has 2 unspecified atom stereocenters. The molecule has 1 saturated heterocycles. The summed E-state index contributed by atoms with van der Waals surface area (Å²) in [6, 6.07) is -0.0385. The van der Waals surface area contributed by atoms with Gasteiger partial charge in [-0.1, -0.05) is 0 Å². The average Bonchev–Trinajstić information content (AvgIpc) is 2.40. The molecular weight excluding hydrogens is 208 g/mol. The molecule has 0 bridgehead atoms. The van der Waals surface area contributed by atoms with Gasteiger partial charge in [0, 0.05) is 12.6 Å². The minimum absolute atomic E-state index is 0.0385. The third kappa shape index (κ3) is 3.09. The van der Waals surface area contributed by atoms with Gasteiger partial charge in [-0.2, -0.15) is 0 Å². The number of rotatable bonds is 1. The smallest absolute Gasteiger partial charge is 0.410 e. The predicted molar refractivity (Wildman–Crippen MR) is 61.0 cm³/mol. The molecule has 94 valence electrons. The summed E-state index contributed by atoms with van der Waals surface area (Å²) in [7, 11) is 0. The van der Waals surface area contributed by atoms with Crippen LogP contribution in [0.1, 0.15) is 34.1 Å². The Morgan fingerprint density at radius 3 is 2.56 bits per heavy atom. The van der Waals surface area contributed by atoms with Crippen LogP contribution >= 0.6 is 0 Å². The summed E-state index contributed by atoms with van der Waals surface area (Å²) in [6.07, 6.45) is 0.118. The highest BCUT2D eigenvalue weighted by Crippen LogP contribution is 2.27. The molecule has 1 heterocycles. The maximum atomic E-state index is 11.8. The average molecular weight is 230 g/mol. The lowest BCUT2D eigenvalue weighted by Crippen LogP contribution is -2.43. The molecule has 1 fully saturated rings. The van der Waals surface area contributed by atoms with E-state index < -0.39 is 11.2 Å². The summed E-state index contributed by atoms with van der Waals surface area (Å²) < 4.78 is 5.26. The normalized spacial score (nSPS) is 30.6. The van der Waals surface area contributed by atoms with Crippen LogP contribution in [0.5, 0.6) is 0 Å². The summed E-state index contributed by atoms with van der Waals surface area (Å²) in [5.41, 5.74) is 4.02. The first kappa shape index (κ1) is 13.3. The van der Waals surface area contributed by atoms with Crippen molar-refractivity contribution in [2.75, 3.05) is 13.1 Å². The minimum atomic E-state index is -0.962. The van der Waals surface area contributed by atoms with Gasteiger partial charge in [-0.3, -0.25) is 0 Å². The summed E-state index contributed by atoms with van der Waals surface area (Å²) in [5, 5.41) is 10.0. The Morgan fingerprint density at radius 1 is 1.62 bits per heavy atom. The van der Waals surface area contributed by atoms with E-state index in [1.165, 1.54) is 4.90 Å². The number of hydrogen-bond acceptors (Lipinski definition) is 4. The molecule has 16 heavy (non-hydrogen) atoms. The van der Waals surface area contributed by atoms with Crippen molar-refractivity contribution < 1.29 is 14.6 Å². The molecule has 1 amide bonds. The van der Waals surface area contributed by atoms with Gasteiger partial charge in [0.05, 0.1) is 12.1 Å². The third-order valence-electron chi connectivity index (χ3n) is 2.68. The van der Waals surface area contributed by atoms with Crippen molar-refractivity contribution in [3.63, 3.8) is 0 Å². The standard InChI is InChI=1S/C11H22N2O3/c1-8-5-11(15,6-12)7-13(8)9(14)16-10(2,3)4/h8,15H,5-7,12H2,1-4H3. The lowest BCUT2D eigenvalue weighted by Gasteiger charge is -2.27. The Labute approximate surface area is 96.6 Å². The van der Waals surface area contributed by atoms with Crippen molar-refractivity contribution >= 4 is 6.09 Å². The Hall–Kier alpha value is -0.810. The van der Waals surface area contributed by atoms with E-state index in [1.807, 2.05) is 27.7 Å². The number of amides is 1. The number of nitrogens with two attached hydrogens (primary N) is 1. The lowest BCUT2D eigenvalue weighted by atomic mass is 10.0. The van der Waals surface area contributed by atoms with E-state index in [0.29, 0.717) is 6.42 Å². The fourth-order valence-electron chi connectivity index (χ4n) is 1.91. The number of aliphatic hydroxyl groups is 1. The highest BCUT2D eigenvalue weighted by atomic mass is 16.6. The summed E-state index contributed by atoms with van der Waals surface area (Å²) >= 11 is 0. The zero-order chi connectivity index (χ0) is 12.6. The van der Waals surface area contributed by atoms with Gasteiger partial charge in [-0.05, 0) is 34.1 Å². The molecule has 5 heteroatoms. The van der Waals surface area contributed by atoms with Gasteiger partial charge in [0.2, 0.25) is 0 Å². The highest BCUT2D eigenvalue weighted by Gasteiger charge is 2.43. The first-order valence-electron chi connectivity index (χ1n) is 5.59. The van der Waals surface area contributed by atoms with Crippen molar-refractivity contribution in [1.29, 1.82) is 0 Å². The molecule has 0 aromatic heterocycles. The number of nitrogens with zero attached hydrogens (tertiary/aromatic N) is 1. The van der Waals surface area contributed by atoms with Crippen molar-refractivity contribution in [1.82, 2.24) is 4.90 Å². The van der Waals surface area contributed by atoms with E-state index in [4.69, 9.17) is 10.5 Å². The maximum absolute atomic E-state index is 11.8. The Kier molecular flexibility index (Phi) is 3.50. The van der Waals surface area contributed by atoms with Crippen molar-refractivity contribution in [2.45, 2.75) is 51.4 Å². The summed E-state index contributed by atoms with van der Waals surface area (Å²) in [5.74, 6) is 0. The molecule has 0 radical (unpaired) electrons. The monoisotopic (exact) mass is 230 g/mol. The van der Waals surface area contributed by atoms with Crippen molar-refractivity contribution in [2.24, 2.45) is 5.73 Å². The minimum Gasteiger partial charge on any atom is -0.444 e. The van der Waals surface area contributed by atoms with E-state index in [-0.39, 0.29) is 25.2 Å². The van der Waals surface area contributed by atoms with Crippen LogP contribution in [0.3, 0.4) is 0 Å². The molecule has 1 aliphatic rings. The third-order valence-corrected chi connectivity index (χ3v) is 2.68. The van der Waals surface area contributed by atoms with Gasteiger partial charge >= 0.3 is 6.09 Å². The van der Waals surface area contributed by atoms with Crippen LogP contribution < -0.4 is 5.73 Å². The van der Waals surface area contributed by atoms with E-state index in [1.54, 1.807) is 0 Å². The van der Waals surface area contributed by atoms with Crippen LogP contribution in [0.25, 0.3) is 0 Å².